The third-order valence-electron chi connectivity index (χ3n) is 3.64. The molecule has 2 unspecified atom stereocenters. The van der Waals surface area contributed by atoms with Gasteiger partial charge >= 0.3 is 0 Å². The summed E-state index contributed by atoms with van der Waals surface area (Å²) in [6, 6.07) is 0.0268. The van der Waals surface area contributed by atoms with E-state index in [4.69, 9.17) is 0 Å². The van der Waals surface area contributed by atoms with Crippen molar-refractivity contribution in [3.8, 4) is 0 Å². The van der Waals surface area contributed by atoms with E-state index in [2.05, 4.69) is 36.8 Å². The van der Waals surface area contributed by atoms with E-state index in [1.54, 1.807) is 11.3 Å². The Bertz CT molecular complexity index is 416. The third-order valence-corrected chi connectivity index (χ3v) is 4.55. The summed E-state index contributed by atoms with van der Waals surface area (Å²) in [5.41, 5.74) is 2.56. The monoisotopic (exact) mass is 266 g/mol. The molecule has 18 heavy (non-hydrogen) atoms. The number of nitrogens with one attached hydrogen (secondary N) is 1. The number of amides is 1. The summed E-state index contributed by atoms with van der Waals surface area (Å²) in [4.78, 5) is 14.3. The van der Waals surface area contributed by atoms with Crippen LogP contribution in [0.15, 0.2) is 10.8 Å². The van der Waals surface area contributed by atoms with E-state index < -0.39 is 0 Å². The van der Waals surface area contributed by atoms with E-state index in [9.17, 15) is 4.79 Å². The van der Waals surface area contributed by atoms with E-state index in [0.717, 1.165) is 25.8 Å². The van der Waals surface area contributed by atoms with Crippen molar-refractivity contribution < 1.29 is 4.79 Å². The van der Waals surface area contributed by atoms with Gasteiger partial charge in [0, 0.05) is 6.54 Å². The van der Waals surface area contributed by atoms with E-state index in [1.165, 1.54) is 11.1 Å². The van der Waals surface area contributed by atoms with Gasteiger partial charge in [-0.1, -0.05) is 19.8 Å². The Morgan fingerprint density at radius 1 is 1.44 bits per heavy atom. The van der Waals surface area contributed by atoms with Crippen molar-refractivity contribution >= 4 is 17.2 Å². The minimum Gasteiger partial charge on any atom is -0.322 e. The molecule has 0 aliphatic carbocycles. The lowest BCUT2D eigenvalue weighted by Gasteiger charge is -2.20. The fraction of sp³-hybridized carbons (Fsp3) is 0.643. The van der Waals surface area contributed by atoms with Gasteiger partial charge in [-0.2, -0.15) is 11.3 Å². The Kier molecular flexibility index (Phi) is 4.40. The highest BCUT2D eigenvalue weighted by Crippen LogP contribution is 2.21. The predicted molar refractivity (Wildman–Crippen MR) is 75.5 cm³/mol. The van der Waals surface area contributed by atoms with Crippen LogP contribution < -0.4 is 5.32 Å². The Morgan fingerprint density at radius 3 is 2.83 bits per heavy atom. The molecule has 2 atom stereocenters. The SMILES string of the molecule is CCCCC1NC(C)N(Cc2cscc2C)C1=O. The second-order valence-electron chi connectivity index (χ2n) is 5.08. The van der Waals surface area contributed by atoms with Crippen LogP contribution in [0.4, 0.5) is 0 Å². The summed E-state index contributed by atoms with van der Waals surface area (Å²) in [7, 11) is 0. The first-order chi connectivity index (χ1) is 8.63. The topological polar surface area (TPSA) is 32.3 Å². The smallest absolute Gasteiger partial charge is 0.241 e. The molecule has 0 saturated carbocycles. The van der Waals surface area contributed by atoms with Crippen LogP contribution in [0.3, 0.4) is 0 Å². The zero-order valence-electron chi connectivity index (χ0n) is 11.4. The van der Waals surface area contributed by atoms with Crippen molar-refractivity contribution in [3.63, 3.8) is 0 Å². The standard InChI is InChI=1S/C14H22N2OS/c1-4-5-6-13-14(17)16(11(3)15-13)7-12-9-18-8-10(12)2/h8-9,11,13,15H,4-7H2,1-3H3. The summed E-state index contributed by atoms with van der Waals surface area (Å²) < 4.78 is 0. The van der Waals surface area contributed by atoms with Gasteiger partial charge in [-0.15, -0.1) is 0 Å². The van der Waals surface area contributed by atoms with Crippen molar-refractivity contribution in [3.05, 3.63) is 21.9 Å². The zero-order valence-corrected chi connectivity index (χ0v) is 12.2. The molecule has 1 amide bonds. The van der Waals surface area contributed by atoms with Crippen LogP contribution in [-0.4, -0.2) is 23.0 Å². The molecular formula is C14H22N2OS. The van der Waals surface area contributed by atoms with Crippen LogP contribution in [0.25, 0.3) is 0 Å². The highest BCUT2D eigenvalue weighted by Gasteiger charge is 2.35. The molecule has 1 aromatic heterocycles. The number of nitrogens with zero attached hydrogens (tertiary/aromatic N) is 1. The van der Waals surface area contributed by atoms with Crippen LogP contribution in [0.5, 0.6) is 0 Å². The van der Waals surface area contributed by atoms with Crippen molar-refractivity contribution in [1.82, 2.24) is 10.2 Å². The first kappa shape index (κ1) is 13.6. The summed E-state index contributed by atoms with van der Waals surface area (Å²) in [5, 5.41) is 7.69. The van der Waals surface area contributed by atoms with Crippen molar-refractivity contribution in [2.24, 2.45) is 0 Å². The third kappa shape index (κ3) is 2.75. The Labute approximate surface area is 113 Å². The lowest BCUT2D eigenvalue weighted by atomic mass is 10.1. The fourth-order valence-corrected chi connectivity index (χ4v) is 3.25. The van der Waals surface area contributed by atoms with E-state index in [0.29, 0.717) is 0 Å². The summed E-state index contributed by atoms with van der Waals surface area (Å²) in [5.74, 6) is 0.265. The van der Waals surface area contributed by atoms with E-state index in [-0.39, 0.29) is 18.1 Å². The molecule has 0 aromatic carbocycles. The number of carbonyl (C=O) groups excluding carboxylic acids is 1. The summed E-state index contributed by atoms with van der Waals surface area (Å²) >= 11 is 1.71. The minimum absolute atomic E-state index is 0.0268. The maximum atomic E-state index is 12.3. The first-order valence-corrected chi connectivity index (χ1v) is 7.66. The number of aryl methyl sites for hydroxylation is 1. The molecule has 0 bridgehead atoms. The maximum Gasteiger partial charge on any atom is 0.241 e. The molecule has 4 heteroatoms. The number of thiophene rings is 1. The molecule has 1 N–H and O–H groups in total. The van der Waals surface area contributed by atoms with Gasteiger partial charge in [0.25, 0.3) is 0 Å². The fourth-order valence-electron chi connectivity index (χ4n) is 2.41. The maximum absolute atomic E-state index is 12.3. The van der Waals surface area contributed by atoms with E-state index >= 15 is 0 Å². The Morgan fingerprint density at radius 2 is 2.22 bits per heavy atom. The Hall–Kier alpha value is -0.870. The highest BCUT2D eigenvalue weighted by atomic mass is 32.1. The molecule has 3 nitrogen and oxygen atoms in total. The van der Waals surface area contributed by atoms with Gasteiger partial charge < -0.3 is 4.90 Å². The van der Waals surface area contributed by atoms with Gasteiger partial charge in [0.05, 0.1) is 12.2 Å². The average molecular weight is 266 g/mol. The largest absolute Gasteiger partial charge is 0.322 e. The molecule has 0 radical (unpaired) electrons. The van der Waals surface area contributed by atoms with Gasteiger partial charge in [0.2, 0.25) is 5.91 Å². The van der Waals surface area contributed by atoms with E-state index in [1.807, 2.05) is 4.90 Å². The van der Waals surface area contributed by atoms with Gasteiger partial charge in [0.1, 0.15) is 0 Å². The van der Waals surface area contributed by atoms with Gasteiger partial charge in [-0.05, 0) is 42.2 Å². The van der Waals surface area contributed by atoms with Gasteiger partial charge in [-0.3, -0.25) is 10.1 Å². The molecule has 1 aliphatic rings. The zero-order chi connectivity index (χ0) is 13.1. The number of hydrogen-bond acceptors (Lipinski definition) is 3. The number of unbranched alkanes of at least 4 members (excludes halogenated alkanes) is 1. The predicted octanol–water partition coefficient (Wildman–Crippen LogP) is 2.89. The Balaban J connectivity index is 2.01. The normalized spacial score (nSPS) is 23.9. The molecule has 1 fully saturated rings. The molecule has 2 rings (SSSR count). The van der Waals surface area contributed by atoms with Crippen molar-refractivity contribution in [1.29, 1.82) is 0 Å². The molecule has 2 heterocycles. The molecular weight excluding hydrogens is 244 g/mol. The van der Waals surface area contributed by atoms with Crippen LogP contribution in [0.2, 0.25) is 0 Å². The van der Waals surface area contributed by atoms with Crippen LogP contribution in [0.1, 0.15) is 44.2 Å². The quantitative estimate of drug-likeness (QED) is 0.889. The first-order valence-electron chi connectivity index (χ1n) is 6.71. The highest BCUT2D eigenvalue weighted by molar-refractivity contribution is 7.08. The van der Waals surface area contributed by atoms with Gasteiger partial charge in [-0.25, -0.2) is 0 Å². The molecule has 0 spiro atoms. The second-order valence-corrected chi connectivity index (χ2v) is 5.83. The minimum atomic E-state index is 0.0268. The van der Waals surface area contributed by atoms with Gasteiger partial charge in [0.15, 0.2) is 0 Å². The summed E-state index contributed by atoms with van der Waals surface area (Å²) in [6.07, 6.45) is 3.36. The second kappa shape index (κ2) is 5.85. The van der Waals surface area contributed by atoms with Crippen LogP contribution in [-0.2, 0) is 11.3 Å². The molecule has 1 aromatic rings. The average Bonchev–Trinajstić information content (AvgIpc) is 2.86. The molecule has 1 saturated heterocycles. The van der Waals surface area contributed by atoms with Crippen LogP contribution >= 0.6 is 11.3 Å². The van der Waals surface area contributed by atoms with Crippen molar-refractivity contribution in [2.45, 2.75) is 58.8 Å². The van der Waals surface area contributed by atoms with Crippen LogP contribution in [0, 0.1) is 6.92 Å². The number of carbonyl (C=O) groups is 1. The van der Waals surface area contributed by atoms with Crippen molar-refractivity contribution in [2.75, 3.05) is 0 Å². The molecule has 100 valence electrons. The molecule has 1 aliphatic heterocycles. The lowest BCUT2D eigenvalue weighted by Crippen LogP contribution is -2.34. The number of rotatable bonds is 5. The lowest BCUT2D eigenvalue weighted by molar-refractivity contribution is -0.130. The number of hydrogen-bond donors (Lipinski definition) is 1. The summed E-state index contributed by atoms with van der Waals surface area (Å²) in [6.45, 7) is 7.09.